The SMILES string of the molecule is CC1=c2[nH]c3ccc4cc(O)ccc4c3c2=CNC1. The molecule has 2 aromatic carbocycles. The fourth-order valence-corrected chi connectivity index (χ4v) is 2.91. The van der Waals surface area contributed by atoms with Crippen molar-refractivity contribution < 1.29 is 5.11 Å². The Labute approximate surface area is 109 Å². The van der Waals surface area contributed by atoms with Gasteiger partial charge in [0.15, 0.2) is 0 Å². The van der Waals surface area contributed by atoms with E-state index in [1.807, 2.05) is 12.1 Å². The van der Waals surface area contributed by atoms with E-state index in [1.54, 1.807) is 12.1 Å². The Balaban J connectivity index is 2.32. The molecule has 19 heavy (non-hydrogen) atoms. The Bertz CT molecular complexity index is 935. The number of nitrogens with one attached hydrogen (secondary N) is 2. The molecule has 3 heteroatoms. The molecular weight excluding hydrogens is 236 g/mol. The molecule has 94 valence electrons. The summed E-state index contributed by atoms with van der Waals surface area (Å²) in [5, 5.41) is 18.8. The van der Waals surface area contributed by atoms with Crippen molar-refractivity contribution in [1.29, 1.82) is 0 Å². The van der Waals surface area contributed by atoms with E-state index >= 15 is 0 Å². The van der Waals surface area contributed by atoms with E-state index in [0.717, 1.165) is 17.4 Å². The molecule has 1 aromatic heterocycles. The van der Waals surface area contributed by atoms with Gasteiger partial charge in [-0.3, -0.25) is 0 Å². The molecule has 0 unspecified atom stereocenters. The fraction of sp³-hybridized carbons (Fsp3) is 0.125. The number of aromatic amines is 1. The van der Waals surface area contributed by atoms with Crippen molar-refractivity contribution >= 4 is 33.4 Å². The van der Waals surface area contributed by atoms with E-state index in [1.165, 1.54) is 26.9 Å². The number of hydrogen-bond donors (Lipinski definition) is 3. The summed E-state index contributed by atoms with van der Waals surface area (Å²) in [7, 11) is 0. The Morgan fingerprint density at radius 2 is 2.05 bits per heavy atom. The second-order valence-electron chi connectivity index (χ2n) is 5.11. The van der Waals surface area contributed by atoms with Crippen molar-refractivity contribution in [3.05, 3.63) is 40.9 Å². The average Bonchev–Trinajstić information content (AvgIpc) is 2.79. The second kappa shape index (κ2) is 3.54. The van der Waals surface area contributed by atoms with Gasteiger partial charge in [-0.15, -0.1) is 0 Å². The first-order valence-electron chi connectivity index (χ1n) is 6.41. The van der Waals surface area contributed by atoms with Gasteiger partial charge in [0.1, 0.15) is 5.75 Å². The van der Waals surface area contributed by atoms with Crippen LogP contribution in [0.1, 0.15) is 6.92 Å². The largest absolute Gasteiger partial charge is 0.508 e. The van der Waals surface area contributed by atoms with E-state index < -0.39 is 0 Å². The number of H-pyrrole nitrogens is 1. The van der Waals surface area contributed by atoms with Gasteiger partial charge in [0, 0.05) is 34.2 Å². The molecule has 3 nitrogen and oxygen atoms in total. The number of phenols is 1. The lowest BCUT2D eigenvalue weighted by atomic mass is 10.0. The van der Waals surface area contributed by atoms with Crippen LogP contribution in [0, 0.1) is 0 Å². The maximum Gasteiger partial charge on any atom is 0.116 e. The third kappa shape index (κ3) is 1.38. The smallest absolute Gasteiger partial charge is 0.116 e. The van der Waals surface area contributed by atoms with E-state index in [2.05, 4.69) is 29.5 Å². The molecular formula is C16H14N2O. The van der Waals surface area contributed by atoms with Crippen molar-refractivity contribution in [2.24, 2.45) is 0 Å². The molecule has 0 spiro atoms. The molecule has 0 bridgehead atoms. The summed E-state index contributed by atoms with van der Waals surface area (Å²) >= 11 is 0. The predicted octanol–water partition coefficient (Wildman–Crippen LogP) is 1.54. The van der Waals surface area contributed by atoms with Crippen molar-refractivity contribution in [3.63, 3.8) is 0 Å². The Hall–Kier alpha value is -2.42. The number of aromatic hydroxyl groups is 1. The molecule has 3 N–H and O–H groups in total. The van der Waals surface area contributed by atoms with E-state index in [9.17, 15) is 5.11 Å². The number of fused-ring (bicyclic) bond motifs is 5. The summed E-state index contributed by atoms with van der Waals surface area (Å²) in [4.78, 5) is 3.50. The zero-order chi connectivity index (χ0) is 13.0. The van der Waals surface area contributed by atoms with Gasteiger partial charge in [-0.1, -0.05) is 12.1 Å². The van der Waals surface area contributed by atoms with Crippen LogP contribution in [0.3, 0.4) is 0 Å². The molecule has 2 heterocycles. The number of phenolic OH excluding ortho intramolecular Hbond substituents is 1. The summed E-state index contributed by atoms with van der Waals surface area (Å²) in [6.45, 7) is 3.03. The maximum absolute atomic E-state index is 9.60. The highest BCUT2D eigenvalue weighted by molar-refractivity contribution is 6.07. The number of aromatic nitrogens is 1. The van der Waals surface area contributed by atoms with Gasteiger partial charge in [-0.05, 0) is 41.5 Å². The average molecular weight is 250 g/mol. The zero-order valence-corrected chi connectivity index (χ0v) is 10.6. The Morgan fingerprint density at radius 3 is 2.95 bits per heavy atom. The second-order valence-corrected chi connectivity index (χ2v) is 5.11. The molecule has 0 radical (unpaired) electrons. The minimum absolute atomic E-state index is 0.307. The van der Waals surface area contributed by atoms with E-state index in [-0.39, 0.29) is 0 Å². The maximum atomic E-state index is 9.60. The molecule has 0 aliphatic carbocycles. The van der Waals surface area contributed by atoms with Crippen molar-refractivity contribution in [3.8, 4) is 5.75 Å². The van der Waals surface area contributed by atoms with Crippen LogP contribution in [0.2, 0.25) is 0 Å². The van der Waals surface area contributed by atoms with Gasteiger partial charge >= 0.3 is 0 Å². The molecule has 3 aromatic rings. The third-order valence-corrected chi connectivity index (χ3v) is 3.84. The van der Waals surface area contributed by atoms with Crippen LogP contribution < -0.4 is 15.9 Å². The van der Waals surface area contributed by atoms with Gasteiger partial charge in [-0.2, -0.15) is 0 Å². The Morgan fingerprint density at radius 1 is 1.16 bits per heavy atom. The summed E-state index contributed by atoms with van der Waals surface area (Å²) in [5.41, 5.74) is 2.46. The van der Waals surface area contributed by atoms with Crippen LogP contribution in [0.5, 0.6) is 5.75 Å². The van der Waals surface area contributed by atoms with Crippen molar-refractivity contribution in [1.82, 2.24) is 10.3 Å². The third-order valence-electron chi connectivity index (χ3n) is 3.84. The van der Waals surface area contributed by atoms with Gasteiger partial charge in [0.2, 0.25) is 0 Å². The summed E-state index contributed by atoms with van der Waals surface area (Å²) < 4.78 is 0. The monoisotopic (exact) mass is 250 g/mol. The van der Waals surface area contributed by atoms with Crippen LogP contribution in [0.15, 0.2) is 30.3 Å². The first-order chi connectivity index (χ1) is 9.24. The first-order valence-corrected chi connectivity index (χ1v) is 6.41. The number of benzene rings is 2. The molecule has 4 rings (SSSR count). The lowest BCUT2D eigenvalue weighted by Crippen LogP contribution is -2.34. The zero-order valence-electron chi connectivity index (χ0n) is 10.6. The molecule has 0 saturated carbocycles. The van der Waals surface area contributed by atoms with Crippen LogP contribution in [-0.2, 0) is 0 Å². The van der Waals surface area contributed by atoms with Crippen LogP contribution in [0.25, 0.3) is 33.4 Å². The molecule has 1 aliphatic rings. The van der Waals surface area contributed by atoms with Crippen LogP contribution in [-0.4, -0.2) is 16.6 Å². The quantitative estimate of drug-likeness (QED) is 0.567. The minimum Gasteiger partial charge on any atom is -0.508 e. The van der Waals surface area contributed by atoms with Crippen LogP contribution in [0.4, 0.5) is 0 Å². The Kier molecular flexibility index (Phi) is 1.96. The molecule has 0 fully saturated rings. The highest BCUT2D eigenvalue weighted by Crippen LogP contribution is 2.24. The molecule has 1 aliphatic heterocycles. The highest BCUT2D eigenvalue weighted by atomic mass is 16.3. The number of hydrogen-bond acceptors (Lipinski definition) is 2. The predicted molar refractivity (Wildman–Crippen MR) is 78.3 cm³/mol. The summed E-state index contributed by atoms with van der Waals surface area (Å²) in [6.07, 6.45) is 2.08. The topological polar surface area (TPSA) is 48.0 Å². The van der Waals surface area contributed by atoms with Gasteiger partial charge in [-0.25, -0.2) is 0 Å². The standard InChI is InChI=1S/C16H14N2O/c1-9-7-17-8-13-15-12-4-3-11(19)6-10(12)2-5-14(15)18-16(9)13/h2-6,8,17-19H,7H2,1H3. The van der Waals surface area contributed by atoms with Gasteiger partial charge < -0.3 is 15.4 Å². The van der Waals surface area contributed by atoms with Crippen molar-refractivity contribution in [2.45, 2.75) is 6.92 Å². The summed E-state index contributed by atoms with van der Waals surface area (Å²) in [6, 6.07) is 9.66. The summed E-state index contributed by atoms with van der Waals surface area (Å²) in [5.74, 6) is 0.307. The lowest BCUT2D eigenvalue weighted by Gasteiger charge is -2.05. The van der Waals surface area contributed by atoms with Gasteiger partial charge in [0.25, 0.3) is 0 Å². The fourth-order valence-electron chi connectivity index (χ4n) is 2.91. The highest BCUT2D eigenvalue weighted by Gasteiger charge is 2.09. The lowest BCUT2D eigenvalue weighted by molar-refractivity contribution is 0.476. The van der Waals surface area contributed by atoms with Crippen molar-refractivity contribution in [2.75, 3.05) is 6.54 Å². The number of rotatable bonds is 0. The van der Waals surface area contributed by atoms with Crippen LogP contribution >= 0.6 is 0 Å². The minimum atomic E-state index is 0.307. The molecule has 0 amide bonds. The molecule has 0 saturated heterocycles. The molecule has 0 atom stereocenters. The van der Waals surface area contributed by atoms with Gasteiger partial charge in [0.05, 0.1) is 0 Å². The van der Waals surface area contributed by atoms with E-state index in [0.29, 0.717) is 5.75 Å². The normalized spacial score (nSPS) is 14.3. The van der Waals surface area contributed by atoms with E-state index in [4.69, 9.17) is 0 Å². The first kappa shape index (κ1) is 10.5.